The van der Waals surface area contributed by atoms with Gasteiger partial charge in [-0.1, -0.05) is 0 Å². The molecule has 0 bridgehead atoms. The number of nitrogens with one attached hydrogen (secondary N) is 2. The first kappa shape index (κ1) is 16.7. The molecule has 0 aliphatic rings. The molecule has 7 heteroatoms. The summed E-state index contributed by atoms with van der Waals surface area (Å²) in [6.07, 6.45) is 0. The van der Waals surface area contributed by atoms with Crippen LogP contribution >= 0.6 is 0 Å². The number of amides is 1. The molecule has 0 unspecified atom stereocenters. The Morgan fingerprint density at radius 2 is 2.05 bits per heavy atom. The van der Waals surface area contributed by atoms with Crippen molar-refractivity contribution >= 4 is 23.0 Å². The predicted molar refractivity (Wildman–Crippen MR) is 83.8 cm³/mol. The number of nitro benzene ring substituents is 1. The first-order valence-corrected chi connectivity index (χ1v) is 6.87. The van der Waals surface area contributed by atoms with Gasteiger partial charge in [-0.2, -0.15) is 0 Å². The highest BCUT2D eigenvalue weighted by molar-refractivity contribution is 5.82. The minimum Gasteiger partial charge on any atom is -0.385 e. The number of carbonyl (C=O) groups excluding carboxylic acids is 1. The minimum atomic E-state index is -0.438. The molecule has 2 N–H and O–H groups in total. The predicted octanol–water partition coefficient (Wildman–Crippen LogP) is 1.99. The molecule has 1 amide bonds. The minimum absolute atomic E-state index is 0.000400. The van der Waals surface area contributed by atoms with Crippen LogP contribution in [0, 0.1) is 10.1 Å². The Hall–Kier alpha value is -2.31. The van der Waals surface area contributed by atoms with Crippen molar-refractivity contribution in [2.45, 2.75) is 26.8 Å². The third kappa shape index (κ3) is 5.29. The number of nitro groups is 1. The SMILES string of the molecule is CCNc1cc(N(C)CC(=O)NC(C)C)cc([N+](=O)[O-])c1. The Kier molecular flexibility index (Phi) is 5.95. The van der Waals surface area contributed by atoms with E-state index < -0.39 is 4.92 Å². The summed E-state index contributed by atoms with van der Waals surface area (Å²) >= 11 is 0. The van der Waals surface area contributed by atoms with E-state index >= 15 is 0 Å². The molecule has 0 fully saturated rings. The number of benzene rings is 1. The molecule has 0 atom stereocenters. The van der Waals surface area contributed by atoms with Gasteiger partial charge in [0.1, 0.15) is 0 Å². The second-order valence-electron chi connectivity index (χ2n) is 5.10. The summed E-state index contributed by atoms with van der Waals surface area (Å²) in [5.74, 6) is -0.121. The first-order valence-electron chi connectivity index (χ1n) is 6.87. The van der Waals surface area contributed by atoms with Gasteiger partial charge in [-0.25, -0.2) is 0 Å². The van der Waals surface area contributed by atoms with E-state index in [1.165, 1.54) is 12.1 Å². The Balaban J connectivity index is 2.94. The molecular formula is C14H22N4O3. The zero-order valence-electron chi connectivity index (χ0n) is 12.8. The fraction of sp³-hybridized carbons (Fsp3) is 0.500. The number of anilines is 2. The van der Waals surface area contributed by atoms with Crippen LogP contribution in [0.5, 0.6) is 0 Å². The molecule has 0 saturated carbocycles. The van der Waals surface area contributed by atoms with Crippen molar-refractivity contribution in [1.82, 2.24) is 5.32 Å². The molecule has 0 aliphatic heterocycles. The average Bonchev–Trinajstić information content (AvgIpc) is 2.37. The second kappa shape index (κ2) is 7.47. The molecule has 1 aromatic carbocycles. The third-order valence-electron chi connectivity index (χ3n) is 2.77. The van der Waals surface area contributed by atoms with E-state index in [1.807, 2.05) is 20.8 Å². The van der Waals surface area contributed by atoms with E-state index in [0.717, 1.165) is 0 Å². The van der Waals surface area contributed by atoms with Gasteiger partial charge in [0, 0.05) is 43.1 Å². The number of carbonyl (C=O) groups is 1. The molecule has 0 spiro atoms. The Bertz CT molecular complexity index is 517. The molecule has 0 heterocycles. The Labute approximate surface area is 124 Å². The second-order valence-corrected chi connectivity index (χ2v) is 5.10. The summed E-state index contributed by atoms with van der Waals surface area (Å²) in [6, 6.07) is 4.80. The van der Waals surface area contributed by atoms with Gasteiger partial charge in [-0.3, -0.25) is 14.9 Å². The molecule has 1 aromatic rings. The van der Waals surface area contributed by atoms with Crippen LogP contribution in [0.1, 0.15) is 20.8 Å². The van der Waals surface area contributed by atoms with Gasteiger partial charge in [0.15, 0.2) is 0 Å². The summed E-state index contributed by atoms with van der Waals surface area (Å²) in [6.45, 7) is 6.49. The van der Waals surface area contributed by atoms with Gasteiger partial charge in [0.05, 0.1) is 11.5 Å². The van der Waals surface area contributed by atoms with Crippen molar-refractivity contribution in [1.29, 1.82) is 0 Å². The van der Waals surface area contributed by atoms with Gasteiger partial charge in [0.25, 0.3) is 5.69 Å². The molecule has 116 valence electrons. The lowest BCUT2D eigenvalue weighted by molar-refractivity contribution is -0.384. The largest absolute Gasteiger partial charge is 0.385 e. The monoisotopic (exact) mass is 294 g/mol. The van der Waals surface area contributed by atoms with Crippen molar-refractivity contribution in [3.8, 4) is 0 Å². The van der Waals surface area contributed by atoms with Gasteiger partial charge >= 0.3 is 0 Å². The van der Waals surface area contributed by atoms with Crippen LogP contribution in [0.25, 0.3) is 0 Å². The molecule has 7 nitrogen and oxygen atoms in total. The van der Waals surface area contributed by atoms with E-state index in [4.69, 9.17) is 0 Å². The van der Waals surface area contributed by atoms with Crippen molar-refractivity contribution in [2.24, 2.45) is 0 Å². The van der Waals surface area contributed by atoms with Crippen molar-refractivity contribution < 1.29 is 9.72 Å². The first-order chi connectivity index (χ1) is 9.83. The molecular weight excluding hydrogens is 272 g/mol. The van der Waals surface area contributed by atoms with Crippen LogP contribution in [0.15, 0.2) is 18.2 Å². The van der Waals surface area contributed by atoms with E-state index in [2.05, 4.69) is 10.6 Å². The normalized spacial score (nSPS) is 10.3. The molecule has 21 heavy (non-hydrogen) atoms. The molecule has 0 aliphatic carbocycles. The van der Waals surface area contributed by atoms with E-state index in [9.17, 15) is 14.9 Å². The van der Waals surface area contributed by atoms with Gasteiger partial charge in [-0.15, -0.1) is 0 Å². The van der Waals surface area contributed by atoms with E-state index in [0.29, 0.717) is 17.9 Å². The number of non-ortho nitro benzene ring substituents is 1. The van der Waals surface area contributed by atoms with E-state index in [-0.39, 0.29) is 24.2 Å². The Morgan fingerprint density at radius 3 is 2.57 bits per heavy atom. The van der Waals surface area contributed by atoms with Crippen molar-refractivity contribution in [2.75, 3.05) is 30.4 Å². The maximum Gasteiger partial charge on any atom is 0.273 e. The number of hydrogen-bond acceptors (Lipinski definition) is 5. The van der Waals surface area contributed by atoms with Crippen LogP contribution in [0.2, 0.25) is 0 Å². The highest BCUT2D eigenvalue weighted by Crippen LogP contribution is 2.26. The van der Waals surface area contributed by atoms with Crippen LogP contribution in [-0.2, 0) is 4.79 Å². The highest BCUT2D eigenvalue weighted by Gasteiger charge is 2.14. The maximum absolute atomic E-state index is 11.8. The molecule has 0 radical (unpaired) electrons. The summed E-state index contributed by atoms with van der Waals surface area (Å²) in [4.78, 5) is 24.0. The van der Waals surface area contributed by atoms with Crippen LogP contribution in [0.4, 0.5) is 17.1 Å². The van der Waals surface area contributed by atoms with Crippen molar-refractivity contribution in [3.63, 3.8) is 0 Å². The number of rotatable bonds is 7. The highest BCUT2D eigenvalue weighted by atomic mass is 16.6. The van der Waals surface area contributed by atoms with Crippen molar-refractivity contribution in [3.05, 3.63) is 28.3 Å². The number of likely N-dealkylation sites (N-methyl/N-ethyl adjacent to an activating group) is 1. The maximum atomic E-state index is 11.8. The number of hydrogen-bond donors (Lipinski definition) is 2. The lowest BCUT2D eigenvalue weighted by atomic mass is 10.2. The molecule has 0 aromatic heterocycles. The lowest BCUT2D eigenvalue weighted by Gasteiger charge is -2.20. The summed E-state index contributed by atoms with van der Waals surface area (Å²) in [5, 5.41) is 16.8. The Morgan fingerprint density at radius 1 is 1.38 bits per heavy atom. The summed E-state index contributed by atoms with van der Waals surface area (Å²) in [5.41, 5.74) is 1.29. The average molecular weight is 294 g/mol. The topological polar surface area (TPSA) is 87.5 Å². The van der Waals surface area contributed by atoms with Crippen LogP contribution in [0.3, 0.4) is 0 Å². The van der Waals surface area contributed by atoms with Gasteiger partial charge in [0.2, 0.25) is 5.91 Å². The lowest BCUT2D eigenvalue weighted by Crippen LogP contribution is -2.38. The standard InChI is InChI=1S/C14H22N4O3/c1-5-15-11-6-12(8-13(7-11)18(20)21)17(4)9-14(19)16-10(2)3/h6-8,10,15H,5,9H2,1-4H3,(H,16,19). The summed E-state index contributed by atoms with van der Waals surface area (Å²) in [7, 11) is 1.73. The smallest absolute Gasteiger partial charge is 0.273 e. The summed E-state index contributed by atoms with van der Waals surface area (Å²) < 4.78 is 0. The van der Waals surface area contributed by atoms with Gasteiger partial charge < -0.3 is 15.5 Å². The zero-order chi connectivity index (χ0) is 16.0. The molecule has 0 saturated heterocycles. The van der Waals surface area contributed by atoms with Crippen LogP contribution < -0.4 is 15.5 Å². The third-order valence-corrected chi connectivity index (χ3v) is 2.77. The quantitative estimate of drug-likeness (QED) is 0.593. The van der Waals surface area contributed by atoms with Gasteiger partial charge in [-0.05, 0) is 26.8 Å². The zero-order valence-corrected chi connectivity index (χ0v) is 12.8. The fourth-order valence-corrected chi connectivity index (χ4v) is 1.90. The van der Waals surface area contributed by atoms with Crippen LogP contribution in [-0.4, -0.2) is 37.0 Å². The molecule has 1 rings (SSSR count). The van der Waals surface area contributed by atoms with E-state index in [1.54, 1.807) is 18.0 Å². The fourth-order valence-electron chi connectivity index (χ4n) is 1.90. The number of nitrogens with zero attached hydrogens (tertiary/aromatic N) is 2.